The van der Waals surface area contributed by atoms with Gasteiger partial charge in [0.05, 0.1) is 22.6 Å². The summed E-state index contributed by atoms with van der Waals surface area (Å²) >= 11 is 0. The number of aromatic carboxylic acids is 1. The van der Waals surface area contributed by atoms with Crippen molar-refractivity contribution in [3.05, 3.63) is 84.1 Å². The quantitative estimate of drug-likeness (QED) is 0.341. The van der Waals surface area contributed by atoms with Gasteiger partial charge in [0.15, 0.2) is 0 Å². The van der Waals surface area contributed by atoms with E-state index in [1.807, 2.05) is 49.4 Å². The van der Waals surface area contributed by atoms with Gasteiger partial charge in [0.2, 0.25) is 0 Å². The molecule has 6 heteroatoms. The lowest BCUT2D eigenvalue weighted by Gasteiger charge is -2.35. The van der Waals surface area contributed by atoms with Crippen LogP contribution in [0.4, 0.5) is 0 Å². The Morgan fingerprint density at radius 1 is 1.00 bits per heavy atom. The molecule has 1 aromatic heterocycles. The summed E-state index contributed by atoms with van der Waals surface area (Å²) in [6.45, 7) is 2.21. The number of fused-ring (bicyclic) bond motifs is 2. The zero-order valence-electron chi connectivity index (χ0n) is 19.6. The van der Waals surface area contributed by atoms with E-state index in [4.69, 9.17) is 9.47 Å². The highest BCUT2D eigenvalue weighted by Crippen LogP contribution is 2.39. The van der Waals surface area contributed by atoms with Crippen molar-refractivity contribution < 1.29 is 24.2 Å². The normalized spacial score (nSPS) is 20.0. The summed E-state index contributed by atoms with van der Waals surface area (Å²) in [7, 11) is 0. The summed E-state index contributed by atoms with van der Waals surface area (Å²) in [5.74, 6) is -0.715. The molecule has 5 rings (SSSR count). The number of rotatable bonds is 6. The fraction of sp³-hybridized carbons (Fsp3) is 0.276. The number of carboxylic acid groups (broad SMARTS) is 1. The number of hydrogen-bond donors (Lipinski definition) is 1. The minimum atomic E-state index is -1.04. The number of nitrogens with zero attached hydrogens (tertiary/aromatic N) is 1. The molecule has 0 bridgehead atoms. The molecule has 178 valence electrons. The van der Waals surface area contributed by atoms with Gasteiger partial charge in [-0.2, -0.15) is 0 Å². The molecular weight excluding hydrogens is 442 g/mol. The maximum absolute atomic E-state index is 13.0. The van der Waals surface area contributed by atoms with Gasteiger partial charge in [0.1, 0.15) is 12.4 Å². The molecule has 0 atom stereocenters. The molecule has 3 aromatic carbocycles. The second-order valence-corrected chi connectivity index (χ2v) is 9.44. The molecule has 1 aliphatic rings. The van der Waals surface area contributed by atoms with E-state index in [0.29, 0.717) is 36.9 Å². The second-order valence-electron chi connectivity index (χ2n) is 9.44. The molecular formula is C29H27NO5. The summed E-state index contributed by atoms with van der Waals surface area (Å²) in [5.41, 5.74) is 0.995. The number of carboxylic acids is 1. The molecule has 35 heavy (non-hydrogen) atoms. The van der Waals surface area contributed by atoms with Gasteiger partial charge in [-0.25, -0.2) is 4.79 Å². The summed E-state index contributed by atoms with van der Waals surface area (Å²) in [6.07, 6.45) is 4.15. The predicted octanol–water partition coefficient (Wildman–Crippen LogP) is 6.16. The number of carbonyl (C=O) groups is 2. The number of hydrogen-bond acceptors (Lipinski definition) is 5. The standard InChI is InChI=1S/C29H27NO5/c1-29(28(33)34-18-21-8-4-7-19-6-2-3-10-24(19)21)13-11-22(12-14-29)35-23-16-20-9-5-15-30-26(20)25(17-23)27(31)32/h2-10,15-17,22H,11-14,18H2,1H3,(H,31,32). The van der Waals surface area contributed by atoms with Crippen molar-refractivity contribution in [3.63, 3.8) is 0 Å². The van der Waals surface area contributed by atoms with E-state index >= 15 is 0 Å². The van der Waals surface area contributed by atoms with E-state index in [9.17, 15) is 14.7 Å². The summed E-state index contributed by atoms with van der Waals surface area (Å²) in [4.78, 5) is 28.9. The van der Waals surface area contributed by atoms with Gasteiger partial charge in [0, 0.05) is 11.6 Å². The van der Waals surface area contributed by atoms with E-state index < -0.39 is 11.4 Å². The van der Waals surface area contributed by atoms with Crippen LogP contribution in [0.15, 0.2) is 72.9 Å². The summed E-state index contributed by atoms with van der Waals surface area (Å²) < 4.78 is 11.9. The lowest BCUT2D eigenvalue weighted by Crippen LogP contribution is -2.37. The van der Waals surface area contributed by atoms with Crippen LogP contribution < -0.4 is 4.74 Å². The Morgan fingerprint density at radius 2 is 1.74 bits per heavy atom. The molecule has 0 radical (unpaired) electrons. The monoisotopic (exact) mass is 469 g/mol. The number of esters is 1. The minimum Gasteiger partial charge on any atom is -0.490 e. The summed E-state index contributed by atoms with van der Waals surface area (Å²) in [6, 6.07) is 21.1. The van der Waals surface area contributed by atoms with Crippen LogP contribution in [-0.4, -0.2) is 28.1 Å². The highest BCUT2D eigenvalue weighted by molar-refractivity contribution is 6.02. The first-order valence-corrected chi connectivity index (χ1v) is 11.9. The van der Waals surface area contributed by atoms with Crippen LogP contribution in [0.2, 0.25) is 0 Å². The predicted molar refractivity (Wildman–Crippen MR) is 133 cm³/mol. The van der Waals surface area contributed by atoms with Crippen molar-refractivity contribution in [2.45, 2.75) is 45.3 Å². The van der Waals surface area contributed by atoms with Gasteiger partial charge < -0.3 is 14.6 Å². The molecule has 1 fully saturated rings. The Bertz CT molecular complexity index is 1400. The summed E-state index contributed by atoms with van der Waals surface area (Å²) in [5, 5.41) is 12.5. The molecule has 4 aromatic rings. The third-order valence-electron chi connectivity index (χ3n) is 6.98. The number of carbonyl (C=O) groups excluding carboxylic acids is 1. The lowest BCUT2D eigenvalue weighted by atomic mass is 9.74. The Balaban J connectivity index is 1.22. The van der Waals surface area contributed by atoms with Crippen LogP contribution in [0, 0.1) is 5.41 Å². The van der Waals surface area contributed by atoms with E-state index in [-0.39, 0.29) is 24.2 Å². The van der Waals surface area contributed by atoms with E-state index in [0.717, 1.165) is 21.7 Å². The van der Waals surface area contributed by atoms with Crippen molar-refractivity contribution in [3.8, 4) is 5.75 Å². The molecule has 1 heterocycles. The Labute approximate surface area is 203 Å². The number of benzene rings is 3. The van der Waals surface area contributed by atoms with Gasteiger partial charge in [-0.3, -0.25) is 9.78 Å². The number of aromatic nitrogens is 1. The SMILES string of the molecule is CC1(C(=O)OCc2cccc3ccccc23)CCC(Oc2cc(C(=O)O)c3ncccc3c2)CC1. The first kappa shape index (κ1) is 22.8. The van der Waals surface area contributed by atoms with Crippen LogP contribution in [-0.2, 0) is 16.1 Å². The molecule has 0 spiro atoms. The average molecular weight is 470 g/mol. The fourth-order valence-corrected chi connectivity index (χ4v) is 4.87. The molecule has 6 nitrogen and oxygen atoms in total. The molecule has 0 aliphatic heterocycles. The van der Waals surface area contributed by atoms with Gasteiger partial charge in [-0.05, 0) is 67.1 Å². The van der Waals surface area contributed by atoms with Crippen molar-refractivity contribution in [1.82, 2.24) is 4.98 Å². The van der Waals surface area contributed by atoms with E-state index in [1.165, 1.54) is 6.07 Å². The molecule has 1 saturated carbocycles. The van der Waals surface area contributed by atoms with Gasteiger partial charge in [-0.1, -0.05) is 48.5 Å². The van der Waals surface area contributed by atoms with Gasteiger partial charge in [-0.15, -0.1) is 0 Å². The lowest BCUT2D eigenvalue weighted by molar-refractivity contribution is -0.159. The van der Waals surface area contributed by atoms with Crippen molar-refractivity contribution in [1.29, 1.82) is 0 Å². The second kappa shape index (κ2) is 9.37. The van der Waals surface area contributed by atoms with Crippen LogP contribution in [0.25, 0.3) is 21.7 Å². The minimum absolute atomic E-state index is 0.0929. The number of pyridine rings is 1. The van der Waals surface area contributed by atoms with Crippen LogP contribution in [0.1, 0.15) is 48.5 Å². The highest BCUT2D eigenvalue weighted by Gasteiger charge is 2.39. The molecule has 0 saturated heterocycles. The Kier molecular flexibility index (Phi) is 6.12. The average Bonchev–Trinajstić information content (AvgIpc) is 2.88. The first-order chi connectivity index (χ1) is 16.9. The Hall–Kier alpha value is -3.93. The van der Waals surface area contributed by atoms with Crippen molar-refractivity contribution >= 4 is 33.6 Å². The van der Waals surface area contributed by atoms with Crippen LogP contribution in [0.5, 0.6) is 5.75 Å². The third-order valence-corrected chi connectivity index (χ3v) is 6.98. The Morgan fingerprint density at radius 3 is 2.54 bits per heavy atom. The van der Waals surface area contributed by atoms with E-state index in [2.05, 4.69) is 17.1 Å². The smallest absolute Gasteiger partial charge is 0.338 e. The van der Waals surface area contributed by atoms with Gasteiger partial charge in [0.25, 0.3) is 0 Å². The highest BCUT2D eigenvalue weighted by atomic mass is 16.5. The molecule has 0 unspecified atom stereocenters. The maximum Gasteiger partial charge on any atom is 0.338 e. The first-order valence-electron chi connectivity index (χ1n) is 11.9. The number of ether oxygens (including phenoxy) is 2. The molecule has 1 N–H and O–H groups in total. The topological polar surface area (TPSA) is 85.7 Å². The third kappa shape index (κ3) is 4.69. The molecule has 0 amide bonds. The van der Waals surface area contributed by atoms with Crippen LogP contribution >= 0.6 is 0 Å². The largest absolute Gasteiger partial charge is 0.490 e. The van der Waals surface area contributed by atoms with Crippen LogP contribution in [0.3, 0.4) is 0 Å². The molecule has 1 aliphatic carbocycles. The zero-order chi connectivity index (χ0) is 24.4. The van der Waals surface area contributed by atoms with Gasteiger partial charge >= 0.3 is 11.9 Å². The van der Waals surface area contributed by atoms with Crippen molar-refractivity contribution in [2.24, 2.45) is 5.41 Å². The van der Waals surface area contributed by atoms with E-state index in [1.54, 1.807) is 12.3 Å². The zero-order valence-corrected chi connectivity index (χ0v) is 19.6. The fourth-order valence-electron chi connectivity index (χ4n) is 4.87. The maximum atomic E-state index is 13.0. The van der Waals surface area contributed by atoms with Crippen molar-refractivity contribution in [2.75, 3.05) is 0 Å².